The first-order valence-corrected chi connectivity index (χ1v) is 8.83. The first kappa shape index (κ1) is 19.5. The molecule has 1 N–H and O–H groups in total. The van der Waals surface area contributed by atoms with E-state index in [-0.39, 0.29) is 18.6 Å². The smallest absolute Gasteiger partial charge is 0.410 e. The summed E-state index contributed by atoms with van der Waals surface area (Å²) in [6, 6.07) is 9.64. The van der Waals surface area contributed by atoms with Gasteiger partial charge in [0.05, 0.1) is 0 Å². The summed E-state index contributed by atoms with van der Waals surface area (Å²) >= 11 is 0. The molecule has 2 rings (SSSR count). The van der Waals surface area contributed by atoms with Gasteiger partial charge in [0.15, 0.2) is 0 Å². The molecule has 0 bridgehead atoms. The third kappa shape index (κ3) is 5.92. The highest BCUT2D eigenvalue weighted by Crippen LogP contribution is 2.17. The Morgan fingerprint density at radius 2 is 1.88 bits per heavy atom. The molecule has 0 aliphatic carbocycles. The molecule has 5 heteroatoms. The molecule has 26 heavy (non-hydrogen) atoms. The fourth-order valence-corrected chi connectivity index (χ4v) is 2.83. The van der Waals surface area contributed by atoms with Gasteiger partial charge in [-0.05, 0) is 24.3 Å². The molecule has 2 amide bonds. The quantitative estimate of drug-likeness (QED) is 0.603. The first-order chi connectivity index (χ1) is 12.6. The van der Waals surface area contributed by atoms with E-state index in [4.69, 9.17) is 4.74 Å². The van der Waals surface area contributed by atoms with Gasteiger partial charge in [-0.1, -0.05) is 61.7 Å². The van der Waals surface area contributed by atoms with Gasteiger partial charge in [0, 0.05) is 25.2 Å². The summed E-state index contributed by atoms with van der Waals surface area (Å²) in [5, 5.41) is 2.92. The number of hydrogen-bond acceptors (Lipinski definition) is 3. The molecule has 1 aliphatic rings. The van der Waals surface area contributed by atoms with Crippen molar-refractivity contribution >= 4 is 12.0 Å². The molecular weight excluding hydrogens is 328 g/mol. The van der Waals surface area contributed by atoms with Gasteiger partial charge in [-0.3, -0.25) is 4.79 Å². The van der Waals surface area contributed by atoms with E-state index in [1.165, 1.54) is 6.08 Å². The minimum atomic E-state index is -0.279. The van der Waals surface area contributed by atoms with E-state index in [9.17, 15) is 9.59 Å². The maximum Gasteiger partial charge on any atom is 0.410 e. The predicted molar refractivity (Wildman–Crippen MR) is 102 cm³/mol. The third-order valence-electron chi connectivity index (χ3n) is 4.41. The highest BCUT2D eigenvalue weighted by molar-refractivity contribution is 5.96. The minimum Gasteiger partial charge on any atom is -0.445 e. The van der Waals surface area contributed by atoms with Crippen molar-refractivity contribution in [3.8, 4) is 0 Å². The Labute approximate surface area is 155 Å². The molecule has 0 aromatic heterocycles. The van der Waals surface area contributed by atoms with Crippen LogP contribution in [0.2, 0.25) is 0 Å². The molecule has 1 heterocycles. The first-order valence-electron chi connectivity index (χ1n) is 8.83. The molecule has 0 spiro atoms. The van der Waals surface area contributed by atoms with Crippen molar-refractivity contribution in [3.05, 3.63) is 72.9 Å². The summed E-state index contributed by atoms with van der Waals surface area (Å²) in [6.45, 7) is 9.38. The van der Waals surface area contributed by atoms with Gasteiger partial charge in [-0.15, -0.1) is 0 Å². The molecule has 1 fully saturated rings. The summed E-state index contributed by atoms with van der Waals surface area (Å²) in [7, 11) is 0. The lowest BCUT2D eigenvalue weighted by Gasteiger charge is -2.31. The van der Waals surface area contributed by atoms with E-state index in [1.807, 2.05) is 30.3 Å². The van der Waals surface area contributed by atoms with Crippen LogP contribution in [0, 0.1) is 5.92 Å². The van der Waals surface area contributed by atoms with Crippen LogP contribution >= 0.6 is 0 Å². The second-order valence-corrected chi connectivity index (χ2v) is 6.24. The fourth-order valence-electron chi connectivity index (χ4n) is 2.83. The van der Waals surface area contributed by atoms with Crippen molar-refractivity contribution < 1.29 is 14.3 Å². The van der Waals surface area contributed by atoms with Gasteiger partial charge in [-0.2, -0.15) is 0 Å². The number of piperidine rings is 1. The van der Waals surface area contributed by atoms with Gasteiger partial charge >= 0.3 is 6.09 Å². The Bertz CT molecular complexity index is 659. The molecule has 0 saturated carbocycles. The number of rotatable bonds is 7. The highest BCUT2D eigenvalue weighted by atomic mass is 16.6. The zero-order valence-corrected chi connectivity index (χ0v) is 15.0. The summed E-state index contributed by atoms with van der Waals surface area (Å²) in [5.74, 6) is 0.205. The molecule has 0 radical (unpaired) electrons. The monoisotopic (exact) mass is 354 g/mol. The van der Waals surface area contributed by atoms with Crippen LogP contribution in [-0.2, 0) is 16.1 Å². The predicted octanol–water partition coefficient (Wildman–Crippen LogP) is 3.45. The SMILES string of the molecule is C=C/C=C(\C=C)C(=O)NCC1CCN(C(=O)OCc2ccccc2)CC1. The Morgan fingerprint density at radius 3 is 2.50 bits per heavy atom. The van der Waals surface area contributed by atoms with Crippen LogP contribution in [0.3, 0.4) is 0 Å². The molecule has 138 valence electrons. The molecule has 1 aromatic carbocycles. The van der Waals surface area contributed by atoms with Crippen LogP contribution in [0.4, 0.5) is 4.79 Å². The number of allylic oxidation sites excluding steroid dienone is 2. The molecule has 5 nitrogen and oxygen atoms in total. The Hall–Kier alpha value is -2.82. The normalized spacial score (nSPS) is 15.2. The number of likely N-dealkylation sites (tertiary alicyclic amines) is 1. The number of carbonyl (C=O) groups excluding carboxylic acids is 2. The maximum atomic E-state index is 12.2. The molecule has 0 unspecified atom stereocenters. The van der Waals surface area contributed by atoms with Gasteiger partial charge in [0.25, 0.3) is 5.91 Å². The number of nitrogens with zero attached hydrogens (tertiary/aromatic N) is 1. The van der Waals surface area contributed by atoms with Crippen LogP contribution in [0.25, 0.3) is 0 Å². The minimum absolute atomic E-state index is 0.149. The van der Waals surface area contributed by atoms with E-state index < -0.39 is 0 Å². The van der Waals surface area contributed by atoms with E-state index in [0.717, 1.165) is 18.4 Å². The van der Waals surface area contributed by atoms with Gasteiger partial charge in [0.1, 0.15) is 6.61 Å². The van der Waals surface area contributed by atoms with Gasteiger partial charge in [0.2, 0.25) is 0 Å². The lowest BCUT2D eigenvalue weighted by Crippen LogP contribution is -2.41. The average Bonchev–Trinajstić information content (AvgIpc) is 2.69. The zero-order valence-electron chi connectivity index (χ0n) is 15.0. The van der Waals surface area contributed by atoms with Gasteiger partial charge in [-0.25, -0.2) is 4.79 Å². The second kappa shape index (κ2) is 10.2. The van der Waals surface area contributed by atoms with Crippen molar-refractivity contribution in [1.82, 2.24) is 10.2 Å². The van der Waals surface area contributed by atoms with Crippen LogP contribution < -0.4 is 5.32 Å². The van der Waals surface area contributed by atoms with E-state index in [1.54, 1.807) is 17.1 Å². The van der Waals surface area contributed by atoms with E-state index in [2.05, 4.69) is 18.5 Å². The van der Waals surface area contributed by atoms with Crippen LogP contribution in [0.5, 0.6) is 0 Å². The van der Waals surface area contributed by atoms with E-state index in [0.29, 0.717) is 31.1 Å². The average molecular weight is 354 g/mol. The number of carbonyl (C=O) groups is 2. The van der Waals surface area contributed by atoms with E-state index >= 15 is 0 Å². The summed E-state index contributed by atoms with van der Waals surface area (Å²) in [5.41, 5.74) is 1.48. The molecule has 1 aliphatic heterocycles. The van der Waals surface area contributed by atoms with Crippen molar-refractivity contribution in [1.29, 1.82) is 0 Å². The Balaban J connectivity index is 1.70. The van der Waals surface area contributed by atoms with Crippen molar-refractivity contribution in [2.24, 2.45) is 5.92 Å². The molecular formula is C21H26N2O3. The molecule has 1 aromatic rings. The summed E-state index contributed by atoms with van der Waals surface area (Å²) in [6.07, 6.45) is 6.12. The van der Waals surface area contributed by atoms with Crippen molar-refractivity contribution in [2.75, 3.05) is 19.6 Å². The number of benzene rings is 1. The largest absolute Gasteiger partial charge is 0.445 e. The third-order valence-corrected chi connectivity index (χ3v) is 4.41. The highest BCUT2D eigenvalue weighted by Gasteiger charge is 2.24. The standard InChI is InChI=1S/C21H26N2O3/c1-3-8-19(4-2)20(24)22-15-17-11-13-23(14-12-17)21(25)26-16-18-9-6-5-7-10-18/h3-10,17H,1-2,11-16H2,(H,22,24)/b19-8+. The van der Waals surface area contributed by atoms with Crippen molar-refractivity contribution in [2.45, 2.75) is 19.4 Å². The van der Waals surface area contributed by atoms with Crippen molar-refractivity contribution in [3.63, 3.8) is 0 Å². The number of nitrogens with one attached hydrogen (secondary N) is 1. The lowest BCUT2D eigenvalue weighted by atomic mass is 9.97. The number of amides is 2. The topological polar surface area (TPSA) is 58.6 Å². The molecule has 1 saturated heterocycles. The number of hydrogen-bond donors (Lipinski definition) is 1. The lowest BCUT2D eigenvalue weighted by molar-refractivity contribution is -0.117. The van der Waals surface area contributed by atoms with Crippen LogP contribution in [-0.4, -0.2) is 36.5 Å². The van der Waals surface area contributed by atoms with Gasteiger partial charge < -0.3 is 15.0 Å². The second-order valence-electron chi connectivity index (χ2n) is 6.24. The van der Waals surface area contributed by atoms with Crippen LogP contribution in [0.15, 0.2) is 67.3 Å². The number of ether oxygens (including phenoxy) is 1. The zero-order chi connectivity index (χ0) is 18.8. The Kier molecular flexibility index (Phi) is 7.68. The maximum absolute atomic E-state index is 12.2. The Morgan fingerprint density at radius 1 is 1.19 bits per heavy atom. The summed E-state index contributed by atoms with van der Waals surface area (Å²) in [4.78, 5) is 25.9. The summed E-state index contributed by atoms with van der Waals surface area (Å²) < 4.78 is 5.36. The van der Waals surface area contributed by atoms with Crippen LogP contribution in [0.1, 0.15) is 18.4 Å². The molecule has 0 atom stereocenters. The fraction of sp³-hybridized carbons (Fsp3) is 0.333.